The number of hydrogen-bond acceptors (Lipinski definition) is 5. The van der Waals surface area contributed by atoms with Gasteiger partial charge >= 0.3 is 5.97 Å². The van der Waals surface area contributed by atoms with Gasteiger partial charge in [-0.25, -0.2) is 0 Å². The molecule has 1 saturated carbocycles. The molecule has 1 aromatic carbocycles. The van der Waals surface area contributed by atoms with Crippen LogP contribution in [0.1, 0.15) is 12.3 Å². The number of aromatic nitrogens is 2. The number of nitrogens with zero attached hydrogens (tertiary/aromatic N) is 2. The van der Waals surface area contributed by atoms with Crippen molar-refractivity contribution in [3.8, 4) is 11.4 Å². The number of nitrogens with one attached hydrogen (secondary N) is 1. The third-order valence-corrected chi connectivity index (χ3v) is 3.64. The molecule has 0 unspecified atom stereocenters. The van der Waals surface area contributed by atoms with Crippen molar-refractivity contribution in [3.05, 3.63) is 35.2 Å². The van der Waals surface area contributed by atoms with E-state index >= 15 is 0 Å². The Morgan fingerprint density at radius 1 is 1.41 bits per heavy atom. The summed E-state index contributed by atoms with van der Waals surface area (Å²) in [7, 11) is 0. The lowest BCUT2D eigenvalue weighted by Crippen LogP contribution is -2.26. The summed E-state index contributed by atoms with van der Waals surface area (Å²) in [5.74, 6) is -1.67. The Morgan fingerprint density at radius 3 is 2.91 bits per heavy atom. The quantitative estimate of drug-likeness (QED) is 0.868. The number of rotatable bonds is 5. The van der Waals surface area contributed by atoms with Crippen LogP contribution in [-0.2, 0) is 16.1 Å². The molecule has 0 aliphatic heterocycles. The zero-order valence-corrected chi connectivity index (χ0v) is 12.1. The summed E-state index contributed by atoms with van der Waals surface area (Å²) in [6, 6.07) is 7.01. The Kier molecular flexibility index (Phi) is 3.81. The second kappa shape index (κ2) is 5.76. The lowest BCUT2D eigenvalue weighted by molar-refractivity contribution is -0.140. The third kappa shape index (κ3) is 3.09. The molecule has 8 heteroatoms. The predicted molar refractivity (Wildman–Crippen MR) is 75.8 cm³/mol. The number of benzene rings is 1. The summed E-state index contributed by atoms with van der Waals surface area (Å²) in [4.78, 5) is 26.6. The second-order valence-corrected chi connectivity index (χ2v) is 5.46. The Hall–Kier alpha value is -2.41. The van der Waals surface area contributed by atoms with Crippen LogP contribution in [0.25, 0.3) is 11.4 Å². The maximum Gasteiger partial charge on any atom is 0.307 e. The number of carbonyl (C=O) groups excluding carboxylic acids is 1. The van der Waals surface area contributed by atoms with E-state index in [9.17, 15) is 9.59 Å². The normalized spacial score (nSPS) is 19.7. The first-order chi connectivity index (χ1) is 10.5. The van der Waals surface area contributed by atoms with Gasteiger partial charge in [0.15, 0.2) is 0 Å². The number of hydrogen-bond donors (Lipinski definition) is 2. The van der Waals surface area contributed by atoms with Crippen molar-refractivity contribution in [2.45, 2.75) is 13.0 Å². The van der Waals surface area contributed by atoms with Crippen molar-refractivity contribution in [1.82, 2.24) is 15.5 Å². The Labute approximate surface area is 130 Å². The molecule has 1 heterocycles. The molecule has 7 nitrogen and oxygen atoms in total. The van der Waals surface area contributed by atoms with Crippen LogP contribution >= 0.6 is 11.6 Å². The van der Waals surface area contributed by atoms with Crippen molar-refractivity contribution >= 4 is 23.5 Å². The van der Waals surface area contributed by atoms with Crippen molar-refractivity contribution in [2.75, 3.05) is 0 Å². The molecule has 1 fully saturated rings. The molecule has 1 aliphatic carbocycles. The van der Waals surface area contributed by atoms with Crippen LogP contribution in [0.3, 0.4) is 0 Å². The maximum atomic E-state index is 11.7. The van der Waals surface area contributed by atoms with Crippen molar-refractivity contribution in [3.63, 3.8) is 0 Å². The minimum Gasteiger partial charge on any atom is -0.481 e. The predicted octanol–water partition coefficient (Wildman–Crippen LogP) is 1.73. The highest BCUT2D eigenvalue weighted by Gasteiger charge is 2.48. The summed E-state index contributed by atoms with van der Waals surface area (Å²) in [6.45, 7) is 0.0647. The molecule has 0 bridgehead atoms. The first kappa shape index (κ1) is 14.5. The molecule has 1 amide bonds. The zero-order valence-electron chi connectivity index (χ0n) is 11.3. The fourth-order valence-electron chi connectivity index (χ4n) is 2.12. The molecule has 2 aromatic rings. The Bertz CT molecular complexity index is 730. The SMILES string of the molecule is O=C(NCc1nc(-c2cccc(Cl)c2)no1)[C@H]1C[C@H]1C(=O)O. The van der Waals surface area contributed by atoms with E-state index in [4.69, 9.17) is 21.2 Å². The highest BCUT2D eigenvalue weighted by Crippen LogP contribution is 2.38. The van der Waals surface area contributed by atoms with Crippen LogP contribution in [0.5, 0.6) is 0 Å². The number of carboxylic acid groups (broad SMARTS) is 1. The third-order valence-electron chi connectivity index (χ3n) is 3.41. The molecule has 1 aliphatic rings. The number of aliphatic carboxylic acids is 1. The van der Waals surface area contributed by atoms with Gasteiger partial charge in [0.05, 0.1) is 18.4 Å². The molecule has 2 atom stereocenters. The van der Waals surface area contributed by atoms with E-state index in [1.807, 2.05) is 0 Å². The number of amides is 1. The van der Waals surface area contributed by atoms with Gasteiger partial charge in [-0.3, -0.25) is 9.59 Å². The Morgan fingerprint density at radius 2 is 2.23 bits per heavy atom. The van der Waals surface area contributed by atoms with Crippen LogP contribution in [0.2, 0.25) is 5.02 Å². The van der Waals surface area contributed by atoms with Crippen LogP contribution < -0.4 is 5.32 Å². The van der Waals surface area contributed by atoms with Gasteiger partial charge < -0.3 is 14.9 Å². The molecular formula is C14H12ClN3O4. The number of halogens is 1. The van der Waals surface area contributed by atoms with E-state index in [-0.39, 0.29) is 18.3 Å². The molecule has 22 heavy (non-hydrogen) atoms. The van der Waals surface area contributed by atoms with Gasteiger partial charge in [0, 0.05) is 10.6 Å². The first-order valence-electron chi connectivity index (χ1n) is 6.63. The monoisotopic (exact) mass is 321 g/mol. The summed E-state index contributed by atoms with van der Waals surface area (Å²) < 4.78 is 5.05. The van der Waals surface area contributed by atoms with Gasteiger partial charge in [-0.1, -0.05) is 28.9 Å². The van der Waals surface area contributed by atoms with E-state index in [2.05, 4.69) is 15.5 Å². The van der Waals surface area contributed by atoms with Gasteiger partial charge in [0.2, 0.25) is 17.6 Å². The molecule has 3 rings (SSSR count). The Balaban J connectivity index is 1.59. The van der Waals surface area contributed by atoms with Crippen LogP contribution in [-0.4, -0.2) is 27.1 Å². The van der Waals surface area contributed by atoms with Crippen LogP contribution in [0.15, 0.2) is 28.8 Å². The summed E-state index contributed by atoms with van der Waals surface area (Å²) in [5, 5.41) is 15.8. The van der Waals surface area contributed by atoms with E-state index in [1.54, 1.807) is 24.3 Å². The van der Waals surface area contributed by atoms with Gasteiger partial charge in [-0.2, -0.15) is 4.98 Å². The topological polar surface area (TPSA) is 105 Å². The smallest absolute Gasteiger partial charge is 0.307 e. The summed E-state index contributed by atoms with van der Waals surface area (Å²) >= 11 is 5.89. The summed E-state index contributed by atoms with van der Waals surface area (Å²) in [6.07, 6.45) is 0.374. The zero-order chi connectivity index (χ0) is 15.7. The van der Waals surface area contributed by atoms with Crippen molar-refractivity contribution < 1.29 is 19.2 Å². The van der Waals surface area contributed by atoms with Crippen LogP contribution in [0, 0.1) is 11.8 Å². The van der Waals surface area contributed by atoms with Crippen molar-refractivity contribution in [2.24, 2.45) is 11.8 Å². The fraction of sp³-hybridized carbons (Fsp3) is 0.286. The molecule has 1 aromatic heterocycles. The molecule has 2 N–H and O–H groups in total. The van der Waals surface area contributed by atoms with Gasteiger partial charge in [0.1, 0.15) is 0 Å². The first-order valence-corrected chi connectivity index (χ1v) is 7.01. The lowest BCUT2D eigenvalue weighted by Gasteiger charge is -1.99. The van der Waals surface area contributed by atoms with Gasteiger partial charge in [-0.05, 0) is 18.6 Å². The molecule has 114 valence electrons. The van der Waals surface area contributed by atoms with E-state index in [0.29, 0.717) is 22.8 Å². The minimum absolute atomic E-state index is 0.0647. The average Bonchev–Trinajstić information content (AvgIpc) is 3.16. The molecule has 0 saturated heterocycles. The average molecular weight is 322 g/mol. The minimum atomic E-state index is -0.943. The number of carboxylic acids is 1. The lowest BCUT2D eigenvalue weighted by atomic mass is 10.2. The standard InChI is InChI=1S/C14H12ClN3O4/c15-8-3-1-2-7(4-8)12-17-11(22-18-12)6-16-13(19)9-5-10(9)14(20)21/h1-4,9-10H,5-6H2,(H,16,19)(H,20,21)/t9-,10+/m0/s1. The van der Waals surface area contributed by atoms with Gasteiger partial charge in [-0.15, -0.1) is 0 Å². The molecular weight excluding hydrogens is 310 g/mol. The second-order valence-electron chi connectivity index (χ2n) is 5.03. The summed E-state index contributed by atoms with van der Waals surface area (Å²) in [5.41, 5.74) is 0.710. The highest BCUT2D eigenvalue weighted by molar-refractivity contribution is 6.30. The number of carbonyl (C=O) groups is 2. The highest BCUT2D eigenvalue weighted by atomic mass is 35.5. The van der Waals surface area contributed by atoms with E-state index < -0.39 is 17.8 Å². The van der Waals surface area contributed by atoms with Gasteiger partial charge in [0.25, 0.3) is 0 Å². The van der Waals surface area contributed by atoms with Crippen LogP contribution in [0.4, 0.5) is 0 Å². The van der Waals surface area contributed by atoms with Crippen molar-refractivity contribution in [1.29, 1.82) is 0 Å². The van der Waals surface area contributed by atoms with E-state index in [1.165, 1.54) is 0 Å². The molecule has 0 spiro atoms. The fourth-order valence-corrected chi connectivity index (χ4v) is 2.31. The molecule has 0 radical (unpaired) electrons. The maximum absolute atomic E-state index is 11.7. The largest absolute Gasteiger partial charge is 0.481 e. The van der Waals surface area contributed by atoms with E-state index in [0.717, 1.165) is 0 Å².